The highest BCUT2D eigenvalue weighted by Crippen LogP contribution is 2.16. The van der Waals surface area contributed by atoms with Gasteiger partial charge in [0.25, 0.3) is 0 Å². The first kappa shape index (κ1) is 8.51. The number of morpholine rings is 1. The highest BCUT2D eigenvalue weighted by atomic mass is 16.5. The molecular formula is C10H14N2O. The van der Waals surface area contributed by atoms with Crippen molar-refractivity contribution in [2.24, 2.45) is 0 Å². The number of ether oxygens (including phenoxy) is 1. The minimum Gasteiger partial charge on any atom is -0.378 e. The predicted molar refractivity (Wildman–Crippen MR) is 52.0 cm³/mol. The number of anilines is 1. The van der Waals surface area contributed by atoms with Crippen molar-refractivity contribution in [3.63, 3.8) is 0 Å². The van der Waals surface area contributed by atoms with Crippen LogP contribution in [0.25, 0.3) is 0 Å². The SMILES string of the molecule is Cc1cccnc1N1CCOCC1. The molecule has 1 aromatic heterocycles. The molecule has 1 saturated heterocycles. The third-order valence-corrected chi connectivity index (χ3v) is 2.29. The summed E-state index contributed by atoms with van der Waals surface area (Å²) < 4.78 is 5.29. The van der Waals surface area contributed by atoms with Crippen LogP contribution in [0, 0.1) is 6.92 Å². The van der Waals surface area contributed by atoms with E-state index in [4.69, 9.17) is 4.74 Å². The Morgan fingerprint density at radius 3 is 2.85 bits per heavy atom. The lowest BCUT2D eigenvalue weighted by atomic mass is 10.2. The summed E-state index contributed by atoms with van der Waals surface area (Å²) >= 11 is 0. The van der Waals surface area contributed by atoms with E-state index in [1.54, 1.807) is 0 Å². The number of hydrogen-bond donors (Lipinski definition) is 0. The Balaban J connectivity index is 2.18. The Labute approximate surface area is 78.3 Å². The van der Waals surface area contributed by atoms with E-state index in [0.29, 0.717) is 0 Å². The highest BCUT2D eigenvalue weighted by molar-refractivity contribution is 5.45. The molecule has 0 bridgehead atoms. The van der Waals surface area contributed by atoms with Gasteiger partial charge in [-0.1, -0.05) is 6.07 Å². The van der Waals surface area contributed by atoms with Crippen molar-refractivity contribution in [2.45, 2.75) is 6.92 Å². The fraction of sp³-hybridized carbons (Fsp3) is 0.500. The fourth-order valence-electron chi connectivity index (χ4n) is 1.58. The molecular weight excluding hydrogens is 164 g/mol. The summed E-state index contributed by atoms with van der Waals surface area (Å²) in [6.45, 7) is 5.64. The third kappa shape index (κ3) is 1.80. The van der Waals surface area contributed by atoms with Gasteiger partial charge in [-0.25, -0.2) is 4.98 Å². The van der Waals surface area contributed by atoms with Crippen molar-refractivity contribution in [2.75, 3.05) is 31.2 Å². The smallest absolute Gasteiger partial charge is 0.131 e. The number of nitrogens with zero attached hydrogens (tertiary/aromatic N) is 2. The van der Waals surface area contributed by atoms with Crippen molar-refractivity contribution >= 4 is 5.82 Å². The van der Waals surface area contributed by atoms with Gasteiger partial charge in [-0.05, 0) is 18.6 Å². The van der Waals surface area contributed by atoms with Crippen LogP contribution in [-0.4, -0.2) is 31.3 Å². The lowest BCUT2D eigenvalue weighted by Gasteiger charge is -2.28. The molecule has 0 amide bonds. The number of pyridine rings is 1. The largest absolute Gasteiger partial charge is 0.378 e. The standard InChI is InChI=1S/C10H14N2O/c1-9-3-2-4-11-10(9)12-5-7-13-8-6-12/h2-4H,5-8H2,1H3. The zero-order valence-corrected chi connectivity index (χ0v) is 7.86. The molecule has 0 unspecified atom stereocenters. The second-order valence-electron chi connectivity index (χ2n) is 3.24. The molecule has 1 aliphatic heterocycles. The van der Waals surface area contributed by atoms with E-state index in [-0.39, 0.29) is 0 Å². The van der Waals surface area contributed by atoms with Crippen LogP contribution < -0.4 is 4.90 Å². The van der Waals surface area contributed by atoms with Crippen LogP contribution in [0.4, 0.5) is 5.82 Å². The number of hydrogen-bond acceptors (Lipinski definition) is 3. The van der Waals surface area contributed by atoms with E-state index in [0.717, 1.165) is 32.1 Å². The van der Waals surface area contributed by atoms with Gasteiger partial charge in [0.1, 0.15) is 5.82 Å². The summed E-state index contributed by atoms with van der Waals surface area (Å²) in [5.41, 5.74) is 1.24. The maximum absolute atomic E-state index is 5.29. The number of rotatable bonds is 1. The monoisotopic (exact) mass is 178 g/mol. The van der Waals surface area contributed by atoms with Crippen LogP contribution in [0.2, 0.25) is 0 Å². The molecule has 0 radical (unpaired) electrons. The van der Waals surface area contributed by atoms with Gasteiger partial charge in [0.15, 0.2) is 0 Å². The third-order valence-electron chi connectivity index (χ3n) is 2.29. The van der Waals surface area contributed by atoms with Crippen molar-refractivity contribution in [1.29, 1.82) is 0 Å². The molecule has 2 heterocycles. The van der Waals surface area contributed by atoms with Gasteiger partial charge in [-0.2, -0.15) is 0 Å². The Bertz CT molecular complexity index is 282. The molecule has 0 saturated carbocycles. The second-order valence-corrected chi connectivity index (χ2v) is 3.24. The van der Waals surface area contributed by atoms with Gasteiger partial charge in [0.2, 0.25) is 0 Å². The number of aryl methyl sites for hydroxylation is 1. The molecule has 3 heteroatoms. The van der Waals surface area contributed by atoms with Gasteiger partial charge in [0, 0.05) is 19.3 Å². The van der Waals surface area contributed by atoms with E-state index in [1.807, 2.05) is 12.3 Å². The highest BCUT2D eigenvalue weighted by Gasteiger charge is 2.13. The van der Waals surface area contributed by atoms with Crippen LogP contribution in [0.15, 0.2) is 18.3 Å². The Kier molecular flexibility index (Phi) is 2.45. The average Bonchev–Trinajstić information content (AvgIpc) is 2.20. The van der Waals surface area contributed by atoms with Crippen LogP contribution >= 0.6 is 0 Å². The van der Waals surface area contributed by atoms with Crippen LogP contribution in [0.1, 0.15) is 5.56 Å². The lowest BCUT2D eigenvalue weighted by molar-refractivity contribution is 0.122. The maximum Gasteiger partial charge on any atom is 0.131 e. The average molecular weight is 178 g/mol. The van der Waals surface area contributed by atoms with Gasteiger partial charge < -0.3 is 9.64 Å². The molecule has 1 aromatic rings. The van der Waals surface area contributed by atoms with Gasteiger partial charge in [0.05, 0.1) is 13.2 Å². The topological polar surface area (TPSA) is 25.4 Å². The first-order chi connectivity index (χ1) is 6.38. The first-order valence-corrected chi connectivity index (χ1v) is 4.62. The van der Waals surface area contributed by atoms with E-state index >= 15 is 0 Å². The number of aromatic nitrogens is 1. The molecule has 0 N–H and O–H groups in total. The lowest BCUT2D eigenvalue weighted by Crippen LogP contribution is -2.37. The van der Waals surface area contributed by atoms with E-state index in [1.165, 1.54) is 5.56 Å². The van der Waals surface area contributed by atoms with Gasteiger partial charge in [-0.3, -0.25) is 0 Å². The summed E-state index contributed by atoms with van der Waals surface area (Å²) in [4.78, 5) is 6.65. The predicted octanol–water partition coefficient (Wildman–Crippen LogP) is 1.23. The minimum absolute atomic E-state index is 0.815. The molecule has 2 rings (SSSR count). The molecule has 0 spiro atoms. The minimum atomic E-state index is 0.815. The molecule has 1 aliphatic rings. The molecule has 70 valence electrons. The van der Waals surface area contributed by atoms with Crippen LogP contribution in [-0.2, 0) is 4.74 Å². The first-order valence-electron chi connectivity index (χ1n) is 4.62. The molecule has 13 heavy (non-hydrogen) atoms. The second kappa shape index (κ2) is 3.75. The quantitative estimate of drug-likeness (QED) is 0.646. The maximum atomic E-state index is 5.29. The fourth-order valence-corrected chi connectivity index (χ4v) is 1.58. The summed E-state index contributed by atoms with van der Waals surface area (Å²) in [5.74, 6) is 1.10. The molecule has 3 nitrogen and oxygen atoms in total. The zero-order chi connectivity index (χ0) is 9.10. The van der Waals surface area contributed by atoms with E-state index in [2.05, 4.69) is 22.9 Å². The van der Waals surface area contributed by atoms with Crippen molar-refractivity contribution in [3.8, 4) is 0 Å². The molecule has 0 aromatic carbocycles. The Morgan fingerprint density at radius 1 is 1.38 bits per heavy atom. The van der Waals surface area contributed by atoms with E-state index in [9.17, 15) is 0 Å². The van der Waals surface area contributed by atoms with Crippen molar-refractivity contribution < 1.29 is 4.74 Å². The molecule has 0 aliphatic carbocycles. The molecule has 0 atom stereocenters. The zero-order valence-electron chi connectivity index (χ0n) is 7.86. The van der Waals surface area contributed by atoms with Gasteiger partial charge in [-0.15, -0.1) is 0 Å². The van der Waals surface area contributed by atoms with Crippen LogP contribution in [0.5, 0.6) is 0 Å². The molecule has 1 fully saturated rings. The summed E-state index contributed by atoms with van der Waals surface area (Å²) in [5, 5.41) is 0. The van der Waals surface area contributed by atoms with Crippen LogP contribution in [0.3, 0.4) is 0 Å². The Hall–Kier alpha value is -1.09. The summed E-state index contributed by atoms with van der Waals surface area (Å²) in [7, 11) is 0. The summed E-state index contributed by atoms with van der Waals surface area (Å²) in [6, 6.07) is 4.07. The summed E-state index contributed by atoms with van der Waals surface area (Å²) in [6.07, 6.45) is 1.85. The van der Waals surface area contributed by atoms with Crippen molar-refractivity contribution in [3.05, 3.63) is 23.9 Å². The van der Waals surface area contributed by atoms with Gasteiger partial charge >= 0.3 is 0 Å². The van der Waals surface area contributed by atoms with E-state index < -0.39 is 0 Å². The normalized spacial score (nSPS) is 17.5. The van der Waals surface area contributed by atoms with Crippen molar-refractivity contribution in [1.82, 2.24) is 4.98 Å². The Morgan fingerprint density at radius 2 is 2.15 bits per heavy atom.